The highest BCUT2D eigenvalue weighted by molar-refractivity contribution is 7.10. The lowest BCUT2D eigenvalue weighted by Gasteiger charge is -2.31. The summed E-state index contributed by atoms with van der Waals surface area (Å²) in [7, 11) is 0. The van der Waals surface area contributed by atoms with Crippen LogP contribution in [0.25, 0.3) is 0 Å². The van der Waals surface area contributed by atoms with E-state index in [2.05, 4.69) is 5.32 Å². The van der Waals surface area contributed by atoms with Crippen molar-refractivity contribution in [3.8, 4) is 0 Å². The number of hydrogen-bond donors (Lipinski definition) is 2. The first-order valence-electron chi connectivity index (χ1n) is 6.46. The van der Waals surface area contributed by atoms with Crippen LogP contribution in [-0.4, -0.2) is 23.7 Å². The van der Waals surface area contributed by atoms with E-state index in [-0.39, 0.29) is 12.0 Å². The van der Waals surface area contributed by atoms with Crippen LogP contribution in [0.4, 0.5) is 13.2 Å². The Kier molecular flexibility index (Phi) is 4.87. The number of thiophene rings is 1. The molecule has 0 saturated heterocycles. The van der Waals surface area contributed by atoms with Gasteiger partial charge in [0.15, 0.2) is 0 Å². The van der Waals surface area contributed by atoms with Crippen LogP contribution >= 0.6 is 11.3 Å². The lowest BCUT2D eigenvalue weighted by atomic mass is 9.93. The Morgan fingerprint density at radius 1 is 1.14 bits per heavy atom. The van der Waals surface area contributed by atoms with Gasteiger partial charge in [-0.2, -0.15) is 13.2 Å². The average Bonchev–Trinajstić information content (AvgIpc) is 2.97. The molecule has 1 amide bonds. The molecule has 0 radical (unpaired) electrons. The number of aliphatic hydroxyl groups is 1. The summed E-state index contributed by atoms with van der Waals surface area (Å²) < 4.78 is 39.7. The highest BCUT2D eigenvalue weighted by atomic mass is 32.1. The van der Waals surface area contributed by atoms with Crippen LogP contribution < -0.4 is 5.32 Å². The number of amides is 1. The zero-order valence-electron chi connectivity index (χ0n) is 11.4. The average molecular weight is 329 g/mol. The quantitative estimate of drug-likeness (QED) is 0.886. The fraction of sp³-hybridized carbons (Fsp3) is 0.267. The second-order valence-electron chi connectivity index (χ2n) is 4.76. The molecule has 7 heteroatoms. The first kappa shape index (κ1) is 16.5. The number of rotatable bonds is 5. The maximum atomic E-state index is 13.2. The smallest absolute Gasteiger partial charge is 0.375 e. The van der Waals surface area contributed by atoms with Crippen LogP contribution in [0.1, 0.15) is 10.4 Å². The number of benzene rings is 1. The maximum Gasteiger partial charge on any atom is 0.423 e. The first-order chi connectivity index (χ1) is 10.3. The van der Waals surface area contributed by atoms with Crippen LogP contribution in [0, 0.1) is 0 Å². The van der Waals surface area contributed by atoms with Gasteiger partial charge in [-0.05, 0) is 17.0 Å². The molecule has 2 aromatic rings. The van der Waals surface area contributed by atoms with Gasteiger partial charge in [-0.3, -0.25) is 4.79 Å². The number of hydrogen-bond acceptors (Lipinski definition) is 3. The van der Waals surface area contributed by atoms with Crippen LogP contribution in [-0.2, 0) is 16.8 Å². The van der Waals surface area contributed by atoms with Crippen molar-refractivity contribution in [1.29, 1.82) is 0 Å². The normalized spacial score (nSPS) is 14.4. The van der Waals surface area contributed by atoms with Gasteiger partial charge in [0.1, 0.15) is 0 Å². The molecule has 1 aromatic carbocycles. The van der Waals surface area contributed by atoms with Gasteiger partial charge in [0.2, 0.25) is 11.5 Å². The van der Waals surface area contributed by atoms with Gasteiger partial charge in [-0.15, -0.1) is 11.3 Å². The lowest BCUT2D eigenvalue weighted by molar-refractivity contribution is -0.264. The zero-order valence-corrected chi connectivity index (χ0v) is 12.2. The van der Waals surface area contributed by atoms with Crippen LogP contribution in [0.5, 0.6) is 0 Å². The molecule has 118 valence electrons. The molecule has 0 fully saturated rings. The molecule has 1 atom stereocenters. The van der Waals surface area contributed by atoms with Crippen molar-refractivity contribution < 1.29 is 23.1 Å². The maximum absolute atomic E-state index is 13.2. The van der Waals surface area contributed by atoms with Crippen LogP contribution in [0.2, 0.25) is 0 Å². The third kappa shape index (κ3) is 3.66. The Morgan fingerprint density at radius 2 is 1.82 bits per heavy atom. The molecule has 0 aliphatic heterocycles. The Balaban J connectivity index is 2.10. The van der Waals surface area contributed by atoms with Crippen molar-refractivity contribution in [1.82, 2.24) is 5.32 Å². The van der Waals surface area contributed by atoms with Gasteiger partial charge in [-0.25, -0.2) is 0 Å². The van der Waals surface area contributed by atoms with Crippen molar-refractivity contribution in [2.24, 2.45) is 0 Å². The van der Waals surface area contributed by atoms with Crippen LogP contribution in [0.3, 0.4) is 0 Å². The number of nitrogens with one attached hydrogen (secondary N) is 1. The van der Waals surface area contributed by atoms with Crippen molar-refractivity contribution >= 4 is 17.2 Å². The minimum Gasteiger partial charge on any atom is -0.375 e. The molecule has 2 N–H and O–H groups in total. The summed E-state index contributed by atoms with van der Waals surface area (Å²) in [6.07, 6.45) is -4.91. The van der Waals surface area contributed by atoms with Crippen molar-refractivity contribution in [3.05, 3.63) is 58.3 Å². The highest BCUT2D eigenvalue weighted by Gasteiger charge is 2.55. The van der Waals surface area contributed by atoms with Crippen molar-refractivity contribution in [2.45, 2.75) is 18.2 Å². The van der Waals surface area contributed by atoms with E-state index in [1.807, 2.05) is 0 Å². The highest BCUT2D eigenvalue weighted by Crippen LogP contribution is 2.38. The summed E-state index contributed by atoms with van der Waals surface area (Å²) >= 11 is 1.34. The molecule has 0 unspecified atom stereocenters. The number of alkyl halides is 3. The van der Waals surface area contributed by atoms with E-state index in [0.29, 0.717) is 0 Å². The number of carbonyl (C=O) groups is 1. The van der Waals surface area contributed by atoms with Crippen LogP contribution in [0.15, 0.2) is 47.8 Å². The Hall–Kier alpha value is -1.86. The first-order valence-corrected chi connectivity index (χ1v) is 7.34. The van der Waals surface area contributed by atoms with E-state index in [9.17, 15) is 23.1 Å². The minimum atomic E-state index is -4.90. The summed E-state index contributed by atoms with van der Waals surface area (Å²) in [5.41, 5.74) is -3.42. The second-order valence-corrected chi connectivity index (χ2v) is 5.79. The molecular weight excluding hydrogens is 315 g/mol. The molecule has 0 bridgehead atoms. The van der Waals surface area contributed by atoms with E-state index in [4.69, 9.17) is 0 Å². The summed E-state index contributed by atoms with van der Waals surface area (Å²) in [5.74, 6) is -0.568. The molecular formula is C15H14F3NO2S. The van der Waals surface area contributed by atoms with E-state index < -0.39 is 24.2 Å². The Labute approximate surface area is 129 Å². The predicted octanol–water partition coefficient (Wildman–Crippen LogP) is 2.86. The standard InChI is InChI=1S/C15H14F3NO2S/c16-15(17,18)14(21,11-5-2-1-3-6-11)10-19-13(20)9-12-7-4-8-22-12/h1-8,21H,9-10H2,(H,19,20)/t14-/m1/s1. The largest absolute Gasteiger partial charge is 0.423 e. The molecule has 1 aromatic heterocycles. The van der Waals surface area contributed by atoms with Gasteiger partial charge in [0.25, 0.3) is 0 Å². The molecule has 0 spiro atoms. The molecule has 3 nitrogen and oxygen atoms in total. The second kappa shape index (κ2) is 6.50. The summed E-state index contributed by atoms with van der Waals surface area (Å²) in [4.78, 5) is 12.5. The fourth-order valence-corrected chi connectivity index (χ4v) is 2.64. The van der Waals surface area contributed by atoms with E-state index in [1.54, 1.807) is 23.6 Å². The number of halogens is 3. The third-order valence-electron chi connectivity index (χ3n) is 3.18. The molecule has 0 aliphatic rings. The topological polar surface area (TPSA) is 49.3 Å². The molecule has 1 heterocycles. The molecule has 22 heavy (non-hydrogen) atoms. The predicted molar refractivity (Wildman–Crippen MR) is 77.4 cm³/mol. The van der Waals surface area contributed by atoms with E-state index in [0.717, 1.165) is 4.88 Å². The van der Waals surface area contributed by atoms with E-state index >= 15 is 0 Å². The van der Waals surface area contributed by atoms with Gasteiger partial charge in [0, 0.05) is 4.88 Å². The van der Waals surface area contributed by atoms with Gasteiger partial charge in [-0.1, -0.05) is 36.4 Å². The van der Waals surface area contributed by atoms with Gasteiger partial charge < -0.3 is 10.4 Å². The molecule has 0 aliphatic carbocycles. The van der Waals surface area contributed by atoms with Crippen molar-refractivity contribution in [2.75, 3.05) is 6.54 Å². The summed E-state index contributed by atoms with van der Waals surface area (Å²) in [6.45, 7) is -0.926. The summed E-state index contributed by atoms with van der Waals surface area (Å²) in [6, 6.07) is 10.2. The number of carbonyl (C=O) groups excluding carboxylic acids is 1. The monoisotopic (exact) mass is 329 g/mol. The van der Waals surface area contributed by atoms with Gasteiger partial charge >= 0.3 is 6.18 Å². The minimum absolute atomic E-state index is 0.0135. The molecule has 2 rings (SSSR count). The third-order valence-corrected chi connectivity index (χ3v) is 4.05. The van der Waals surface area contributed by atoms with Crippen molar-refractivity contribution in [3.63, 3.8) is 0 Å². The molecule has 0 saturated carbocycles. The Bertz CT molecular complexity index is 613. The zero-order chi connectivity index (χ0) is 16.2. The SMILES string of the molecule is O=C(Cc1cccs1)NC[C@@](O)(c1ccccc1)C(F)(F)F. The van der Waals surface area contributed by atoms with E-state index in [1.165, 1.54) is 35.6 Å². The van der Waals surface area contributed by atoms with Gasteiger partial charge in [0.05, 0.1) is 13.0 Å². The fourth-order valence-electron chi connectivity index (χ4n) is 1.94. The summed E-state index contributed by atoms with van der Waals surface area (Å²) in [5, 5.41) is 14.0. The Morgan fingerprint density at radius 3 is 2.36 bits per heavy atom. The lowest BCUT2D eigenvalue weighted by Crippen LogP contribution is -2.51.